The maximum atomic E-state index is 13.8. The molecular formula is C48H75N3O12. The quantitative estimate of drug-likeness (QED) is 0.201. The molecule has 0 saturated carbocycles. The molecule has 6 saturated heterocycles. The van der Waals surface area contributed by atoms with E-state index in [1.54, 1.807) is 0 Å². The number of hydrogen-bond acceptors (Lipinski definition) is 15. The van der Waals surface area contributed by atoms with Crippen molar-refractivity contribution in [2.24, 2.45) is 0 Å². The second-order valence-electron chi connectivity index (χ2n) is 23.1. The number of carbonyl (C=O) groups is 3. The Kier molecular flexibility index (Phi) is 12.4. The highest BCUT2D eigenvalue weighted by Crippen LogP contribution is 2.50. The van der Waals surface area contributed by atoms with E-state index in [0.717, 1.165) is 0 Å². The minimum absolute atomic E-state index is 0.0167. The van der Waals surface area contributed by atoms with Crippen LogP contribution in [0.15, 0.2) is 18.2 Å². The lowest BCUT2D eigenvalue weighted by molar-refractivity contribution is -0.243. The van der Waals surface area contributed by atoms with Crippen LogP contribution in [-0.2, 0) is 42.6 Å². The molecule has 0 aromatic heterocycles. The van der Waals surface area contributed by atoms with Gasteiger partial charge in [0.1, 0.15) is 38.1 Å². The molecule has 7 rings (SSSR count). The summed E-state index contributed by atoms with van der Waals surface area (Å²) in [4.78, 5) is 48.4. The Morgan fingerprint density at radius 1 is 0.444 bits per heavy atom. The average molecular weight is 886 g/mol. The summed E-state index contributed by atoms with van der Waals surface area (Å²) in [6.07, 6.45) is 2.40. The zero-order chi connectivity index (χ0) is 46.4. The Morgan fingerprint density at radius 2 is 0.651 bits per heavy atom. The van der Waals surface area contributed by atoms with E-state index >= 15 is 0 Å². The Labute approximate surface area is 375 Å². The van der Waals surface area contributed by atoms with Gasteiger partial charge >= 0.3 is 17.9 Å². The Bertz CT molecular complexity index is 1640. The van der Waals surface area contributed by atoms with Gasteiger partial charge in [0.2, 0.25) is 0 Å². The molecule has 0 aliphatic carbocycles. The van der Waals surface area contributed by atoms with Gasteiger partial charge in [-0.25, -0.2) is 14.4 Å². The lowest BCUT2D eigenvalue weighted by Gasteiger charge is -2.56. The van der Waals surface area contributed by atoms with Crippen molar-refractivity contribution >= 4 is 17.9 Å². The first-order valence-corrected chi connectivity index (χ1v) is 22.7. The molecule has 3 spiro atoms. The third-order valence-electron chi connectivity index (χ3n) is 15.2. The van der Waals surface area contributed by atoms with Crippen molar-refractivity contribution in [3.8, 4) is 0 Å². The van der Waals surface area contributed by atoms with Crippen LogP contribution in [0.3, 0.4) is 0 Å². The van der Waals surface area contributed by atoms with Crippen molar-refractivity contribution in [3.63, 3.8) is 0 Å². The first-order valence-electron chi connectivity index (χ1n) is 22.7. The SMILES string of the molecule is CN1C(C)(C)CC2(CC1(C)C)OCC(COC(=O)c1cc(C(=O)OCC3COC4(CC(C)(C)N(C)C(C)(C)C4)O3)cc(C(=O)OCC3COC4(CC(C)(C)N(C)C(C)(C)C4)O3)c1)O2. The molecule has 0 N–H and O–H groups in total. The van der Waals surface area contributed by atoms with E-state index in [9.17, 15) is 14.4 Å². The third-order valence-corrected chi connectivity index (χ3v) is 15.2. The van der Waals surface area contributed by atoms with Gasteiger partial charge in [0.25, 0.3) is 0 Å². The maximum absolute atomic E-state index is 13.8. The van der Waals surface area contributed by atoms with Gasteiger partial charge in [-0.1, -0.05) is 0 Å². The first kappa shape index (κ1) is 48.2. The highest BCUT2D eigenvalue weighted by atomic mass is 16.8. The minimum Gasteiger partial charge on any atom is -0.459 e. The summed E-state index contributed by atoms with van der Waals surface area (Å²) in [5, 5.41) is 0. The van der Waals surface area contributed by atoms with Gasteiger partial charge in [-0.3, -0.25) is 14.7 Å². The second-order valence-corrected chi connectivity index (χ2v) is 23.1. The highest BCUT2D eigenvalue weighted by Gasteiger charge is 2.58. The van der Waals surface area contributed by atoms with E-state index in [1.165, 1.54) is 18.2 Å². The summed E-state index contributed by atoms with van der Waals surface area (Å²) < 4.78 is 55.8. The standard InChI is InChI=1S/C48H75N3O12/c1-40(2)25-46(26-41(3,4)49(40)13)58-22-34(61-46)19-55-37(52)31-16-32(38(53)56-20-35-23-59-47(62-35)27-42(5,6)50(14)43(7,8)28-47)18-33(17-31)39(54)57-21-36-24-60-48(63-36)29-44(9,10)51(15)45(11,12)30-48/h16-18,34-36H,19-30H2,1-15H3. The summed E-state index contributed by atoms with van der Waals surface area (Å²) >= 11 is 0. The summed E-state index contributed by atoms with van der Waals surface area (Å²) in [5.41, 5.74) is -1.18. The molecule has 1 aromatic rings. The molecule has 0 amide bonds. The van der Waals surface area contributed by atoms with E-state index in [0.29, 0.717) is 38.5 Å². The van der Waals surface area contributed by atoms with Crippen LogP contribution in [0.4, 0.5) is 0 Å². The molecule has 1 aromatic carbocycles. The lowest BCUT2D eigenvalue weighted by atomic mass is 9.76. The highest BCUT2D eigenvalue weighted by molar-refractivity contribution is 6.00. The van der Waals surface area contributed by atoms with Crippen molar-refractivity contribution in [1.82, 2.24) is 14.7 Å². The average Bonchev–Trinajstić information content (AvgIpc) is 3.87. The molecule has 354 valence electrons. The van der Waals surface area contributed by atoms with Gasteiger partial charge in [0.05, 0.1) is 36.5 Å². The van der Waals surface area contributed by atoms with Crippen molar-refractivity contribution in [2.45, 2.75) is 191 Å². The smallest absolute Gasteiger partial charge is 0.338 e. The Hall–Kier alpha value is -2.73. The number of ether oxygens (including phenoxy) is 9. The molecule has 3 atom stereocenters. The summed E-state index contributed by atoms with van der Waals surface area (Å²) in [5.74, 6) is -4.64. The molecule has 15 heteroatoms. The van der Waals surface area contributed by atoms with Crippen LogP contribution >= 0.6 is 0 Å². The summed E-state index contributed by atoms with van der Waals surface area (Å²) in [6.45, 7) is 26.5. The van der Waals surface area contributed by atoms with Gasteiger partial charge < -0.3 is 42.6 Å². The molecule has 6 aliphatic heterocycles. The maximum Gasteiger partial charge on any atom is 0.338 e. The number of carbonyl (C=O) groups excluding carboxylic acids is 3. The Balaban J connectivity index is 1.03. The van der Waals surface area contributed by atoms with Gasteiger partial charge in [0, 0.05) is 71.8 Å². The van der Waals surface area contributed by atoms with Crippen LogP contribution in [0.1, 0.15) is 153 Å². The molecule has 3 unspecified atom stereocenters. The molecule has 6 heterocycles. The number of nitrogens with zero attached hydrogens (tertiary/aromatic N) is 3. The van der Waals surface area contributed by atoms with E-state index in [-0.39, 0.29) is 89.6 Å². The zero-order valence-corrected chi connectivity index (χ0v) is 40.7. The van der Waals surface area contributed by atoms with Crippen LogP contribution < -0.4 is 0 Å². The number of hydrogen-bond donors (Lipinski definition) is 0. The van der Waals surface area contributed by atoms with Crippen LogP contribution in [-0.4, -0.2) is 162 Å². The Morgan fingerprint density at radius 3 is 0.857 bits per heavy atom. The fraction of sp³-hybridized carbons (Fsp3) is 0.812. The summed E-state index contributed by atoms with van der Waals surface area (Å²) in [7, 11) is 6.34. The monoisotopic (exact) mass is 886 g/mol. The van der Waals surface area contributed by atoms with Crippen molar-refractivity contribution < 1.29 is 57.0 Å². The predicted molar refractivity (Wildman–Crippen MR) is 233 cm³/mol. The molecule has 6 fully saturated rings. The molecule has 0 bridgehead atoms. The van der Waals surface area contributed by atoms with Gasteiger partial charge in [-0.05, 0) is 122 Å². The van der Waals surface area contributed by atoms with E-state index < -0.39 is 53.6 Å². The first-order chi connectivity index (χ1) is 28.9. The van der Waals surface area contributed by atoms with Crippen molar-refractivity contribution in [2.75, 3.05) is 60.8 Å². The normalized spacial score (nSPS) is 31.0. The van der Waals surface area contributed by atoms with E-state index in [4.69, 9.17) is 42.6 Å². The van der Waals surface area contributed by atoms with Gasteiger partial charge in [0.15, 0.2) is 17.4 Å². The van der Waals surface area contributed by atoms with Gasteiger partial charge in [-0.15, -0.1) is 0 Å². The zero-order valence-electron chi connectivity index (χ0n) is 40.7. The van der Waals surface area contributed by atoms with E-state index in [1.807, 2.05) is 0 Å². The number of piperidine rings is 3. The molecule has 0 radical (unpaired) electrons. The molecule has 63 heavy (non-hydrogen) atoms. The van der Waals surface area contributed by atoms with Crippen LogP contribution in [0.5, 0.6) is 0 Å². The van der Waals surface area contributed by atoms with Crippen LogP contribution in [0, 0.1) is 0 Å². The molecule has 15 nitrogen and oxygen atoms in total. The number of benzene rings is 1. The van der Waals surface area contributed by atoms with Gasteiger partial charge in [-0.2, -0.15) is 0 Å². The van der Waals surface area contributed by atoms with Crippen molar-refractivity contribution in [3.05, 3.63) is 34.9 Å². The second kappa shape index (κ2) is 16.3. The molecular weight excluding hydrogens is 811 g/mol. The number of esters is 3. The summed E-state index contributed by atoms with van der Waals surface area (Å²) in [6, 6.07) is 4.11. The number of rotatable bonds is 9. The van der Waals surface area contributed by atoms with Crippen LogP contribution in [0.25, 0.3) is 0 Å². The van der Waals surface area contributed by atoms with E-state index in [2.05, 4.69) is 119 Å². The fourth-order valence-corrected chi connectivity index (χ4v) is 11.7. The fourth-order valence-electron chi connectivity index (χ4n) is 11.7. The molecule has 6 aliphatic rings. The minimum atomic E-state index is -0.807. The largest absolute Gasteiger partial charge is 0.459 e. The topological polar surface area (TPSA) is 144 Å². The third kappa shape index (κ3) is 9.74. The lowest BCUT2D eigenvalue weighted by Crippen LogP contribution is -2.64. The van der Waals surface area contributed by atoms with Crippen molar-refractivity contribution in [1.29, 1.82) is 0 Å². The van der Waals surface area contributed by atoms with Crippen LogP contribution in [0.2, 0.25) is 0 Å². The predicted octanol–water partition coefficient (Wildman–Crippen LogP) is 6.34. The number of likely N-dealkylation sites (tertiary alicyclic amines) is 3.